The van der Waals surface area contributed by atoms with E-state index in [9.17, 15) is 4.79 Å². The van der Waals surface area contributed by atoms with Crippen molar-refractivity contribution in [1.82, 2.24) is 4.98 Å². The number of pyridine rings is 1. The Balaban J connectivity index is 3.04. The Hall–Kier alpha value is -1.38. The third-order valence-electron chi connectivity index (χ3n) is 1.78. The van der Waals surface area contributed by atoms with Gasteiger partial charge < -0.3 is 4.90 Å². The summed E-state index contributed by atoms with van der Waals surface area (Å²) >= 11 is 0. The number of aromatic nitrogens is 1. The molecular formula is C9H12N2O. The van der Waals surface area contributed by atoms with Crippen LogP contribution < -0.4 is 4.90 Å². The minimum absolute atomic E-state index is 0.641. The molecule has 0 spiro atoms. The fraction of sp³-hybridized carbons (Fsp3) is 0.333. The molecule has 0 saturated heterocycles. The number of nitrogens with zero attached hydrogens (tertiary/aromatic N) is 2. The van der Waals surface area contributed by atoms with Gasteiger partial charge in [0.1, 0.15) is 5.82 Å². The predicted octanol–water partition coefficient (Wildman–Crippen LogP) is 1.35. The zero-order valence-electron chi connectivity index (χ0n) is 7.32. The van der Waals surface area contributed by atoms with E-state index in [1.807, 2.05) is 18.9 Å². The van der Waals surface area contributed by atoms with E-state index in [2.05, 4.69) is 4.98 Å². The van der Waals surface area contributed by atoms with Gasteiger partial charge in [0.15, 0.2) is 6.29 Å². The molecule has 0 atom stereocenters. The molecule has 0 N–H and O–H groups in total. The molecule has 64 valence electrons. The zero-order chi connectivity index (χ0) is 8.97. The first-order valence-corrected chi connectivity index (χ1v) is 3.91. The average molecular weight is 164 g/mol. The maximum Gasteiger partial charge on any atom is 0.153 e. The summed E-state index contributed by atoms with van der Waals surface area (Å²) in [5.74, 6) is 0.745. The molecule has 0 unspecified atom stereocenters. The highest BCUT2D eigenvalue weighted by Gasteiger charge is 2.04. The van der Waals surface area contributed by atoms with Crippen LogP contribution >= 0.6 is 0 Å². The first-order chi connectivity index (χ1) is 5.79. The van der Waals surface area contributed by atoms with Crippen LogP contribution in [0.4, 0.5) is 5.82 Å². The summed E-state index contributed by atoms with van der Waals surface area (Å²) < 4.78 is 0. The number of aldehydes is 1. The normalized spacial score (nSPS) is 9.50. The minimum atomic E-state index is 0.641. The van der Waals surface area contributed by atoms with Gasteiger partial charge in [-0.3, -0.25) is 4.79 Å². The van der Waals surface area contributed by atoms with Gasteiger partial charge in [0, 0.05) is 19.8 Å². The maximum absolute atomic E-state index is 10.6. The average Bonchev–Trinajstić information content (AvgIpc) is 2.16. The molecule has 0 bridgehead atoms. The largest absolute Gasteiger partial charge is 0.359 e. The van der Waals surface area contributed by atoms with Gasteiger partial charge in [0.2, 0.25) is 0 Å². The first kappa shape index (κ1) is 8.71. The highest BCUT2D eigenvalue weighted by atomic mass is 16.1. The molecule has 1 rings (SSSR count). The lowest BCUT2D eigenvalue weighted by atomic mass is 10.2. The number of anilines is 1. The van der Waals surface area contributed by atoms with Gasteiger partial charge in [0.25, 0.3) is 0 Å². The van der Waals surface area contributed by atoms with Gasteiger partial charge in [-0.1, -0.05) is 0 Å². The monoisotopic (exact) mass is 164 g/mol. The standard InChI is InChI=1S/C9H12N2O/c1-3-11(2)9-8(7-12)5-4-6-10-9/h4-7H,3H2,1-2H3. The Morgan fingerprint density at radius 1 is 1.67 bits per heavy atom. The quantitative estimate of drug-likeness (QED) is 0.632. The topological polar surface area (TPSA) is 33.2 Å². The van der Waals surface area contributed by atoms with E-state index in [0.29, 0.717) is 5.56 Å². The molecule has 3 heteroatoms. The smallest absolute Gasteiger partial charge is 0.153 e. The molecule has 0 saturated carbocycles. The van der Waals surface area contributed by atoms with Crippen molar-refractivity contribution < 1.29 is 4.79 Å². The van der Waals surface area contributed by atoms with Crippen LogP contribution in [0.3, 0.4) is 0 Å². The van der Waals surface area contributed by atoms with Crippen LogP contribution in [-0.4, -0.2) is 24.9 Å². The summed E-state index contributed by atoms with van der Waals surface area (Å²) in [6.07, 6.45) is 2.52. The molecule has 3 nitrogen and oxygen atoms in total. The van der Waals surface area contributed by atoms with Gasteiger partial charge in [-0.15, -0.1) is 0 Å². The van der Waals surface area contributed by atoms with Crippen molar-refractivity contribution in [3.8, 4) is 0 Å². The lowest BCUT2D eigenvalue weighted by Crippen LogP contribution is -2.18. The van der Waals surface area contributed by atoms with Gasteiger partial charge in [-0.05, 0) is 19.1 Å². The van der Waals surface area contributed by atoms with Crippen LogP contribution in [0.2, 0.25) is 0 Å². The fourth-order valence-electron chi connectivity index (χ4n) is 0.970. The number of hydrogen-bond acceptors (Lipinski definition) is 3. The van der Waals surface area contributed by atoms with Crippen LogP contribution in [0.15, 0.2) is 18.3 Å². The van der Waals surface area contributed by atoms with E-state index < -0.39 is 0 Å². The van der Waals surface area contributed by atoms with E-state index in [1.54, 1.807) is 18.3 Å². The molecule has 0 aliphatic carbocycles. The minimum Gasteiger partial charge on any atom is -0.359 e. The fourth-order valence-corrected chi connectivity index (χ4v) is 0.970. The van der Waals surface area contributed by atoms with Gasteiger partial charge in [-0.2, -0.15) is 0 Å². The molecule has 0 aliphatic heterocycles. The van der Waals surface area contributed by atoms with Crippen molar-refractivity contribution in [2.24, 2.45) is 0 Å². The summed E-state index contributed by atoms with van der Waals surface area (Å²) in [6.45, 7) is 2.86. The third kappa shape index (κ3) is 1.61. The second-order valence-corrected chi connectivity index (χ2v) is 2.55. The Bertz CT molecular complexity index is 273. The SMILES string of the molecule is CCN(C)c1ncccc1C=O. The van der Waals surface area contributed by atoms with Gasteiger partial charge >= 0.3 is 0 Å². The van der Waals surface area contributed by atoms with E-state index in [0.717, 1.165) is 18.6 Å². The highest BCUT2D eigenvalue weighted by Crippen LogP contribution is 2.12. The molecule has 1 heterocycles. The van der Waals surface area contributed by atoms with Crippen molar-refractivity contribution in [2.45, 2.75) is 6.92 Å². The summed E-state index contributed by atoms with van der Waals surface area (Å²) in [5, 5.41) is 0. The number of carbonyl (C=O) groups excluding carboxylic acids is 1. The lowest BCUT2D eigenvalue weighted by molar-refractivity contribution is 0.112. The van der Waals surface area contributed by atoms with Crippen molar-refractivity contribution in [3.63, 3.8) is 0 Å². The van der Waals surface area contributed by atoms with Crippen LogP contribution in [0.25, 0.3) is 0 Å². The predicted molar refractivity (Wildman–Crippen MR) is 48.6 cm³/mol. The zero-order valence-corrected chi connectivity index (χ0v) is 7.32. The Labute approximate surface area is 72.0 Å². The maximum atomic E-state index is 10.6. The Morgan fingerprint density at radius 2 is 2.42 bits per heavy atom. The van der Waals surface area contributed by atoms with Crippen LogP contribution in [0.5, 0.6) is 0 Å². The molecule has 1 aromatic rings. The molecule has 0 aromatic carbocycles. The molecular weight excluding hydrogens is 152 g/mol. The molecule has 0 radical (unpaired) electrons. The Morgan fingerprint density at radius 3 is 3.00 bits per heavy atom. The van der Waals surface area contributed by atoms with E-state index in [1.165, 1.54) is 0 Å². The van der Waals surface area contributed by atoms with Crippen molar-refractivity contribution in [1.29, 1.82) is 0 Å². The second kappa shape index (κ2) is 3.85. The summed E-state index contributed by atoms with van der Waals surface area (Å²) in [6, 6.07) is 3.53. The summed E-state index contributed by atoms with van der Waals surface area (Å²) in [7, 11) is 1.91. The van der Waals surface area contributed by atoms with Crippen LogP contribution in [0.1, 0.15) is 17.3 Å². The third-order valence-corrected chi connectivity index (χ3v) is 1.78. The highest BCUT2D eigenvalue weighted by molar-refractivity contribution is 5.82. The van der Waals surface area contributed by atoms with Crippen molar-refractivity contribution in [3.05, 3.63) is 23.9 Å². The lowest BCUT2D eigenvalue weighted by Gasteiger charge is -2.16. The van der Waals surface area contributed by atoms with Crippen LogP contribution in [0, 0.1) is 0 Å². The van der Waals surface area contributed by atoms with E-state index >= 15 is 0 Å². The van der Waals surface area contributed by atoms with Crippen molar-refractivity contribution in [2.75, 3.05) is 18.5 Å². The summed E-state index contributed by atoms with van der Waals surface area (Å²) in [5.41, 5.74) is 0.641. The number of rotatable bonds is 3. The Kier molecular flexibility index (Phi) is 2.80. The molecule has 0 fully saturated rings. The second-order valence-electron chi connectivity index (χ2n) is 2.55. The van der Waals surface area contributed by atoms with E-state index in [-0.39, 0.29) is 0 Å². The molecule has 0 aliphatic rings. The number of hydrogen-bond donors (Lipinski definition) is 0. The van der Waals surface area contributed by atoms with Gasteiger partial charge in [-0.25, -0.2) is 4.98 Å². The molecule has 0 amide bonds. The number of carbonyl (C=O) groups is 1. The summed E-state index contributed by atoms with van der Waals surface area (Å²) in [4.78, 5) is 16.6. The molecule has 12 heavy (non-hydrogen) atoms. The van der Waals surface area contributed by atoms with E-state index in [4.69, 9.17) is 0 Å². The van der Waals surface area contributed by atoms with Crippen LogP contribution in [-0.2, 0) is 0 Å². The molecule has 1 aromatic heterocycles. The first-order valence-electron chi connectivity index (χ1n) is 3.91. The van der Waals surface area contributed by atoms with Crippen molar-refractivity contribution >= 4 is 12.1 Å². The van der Waals surface area contributed by atoms with Gasteiger partial charge in [0.05, 0.1) is 5.56 Å².